The predicted octanol–water partition coefficient (Wildman–Crippen LogP) is 2.03. The van der Waals surface area contributed by atoms with E-state index in [1.54, 1.807) is 0 Å². The lowest BCUT2D eigenvalue weighted by Crippen LogP contribution is -2.17. The van der Waals surface area contributed by atoms with Gasteiger partial charge in [0.25, 0.3) is 0 Å². The average Bonchev–Trinajstić information content (AvgIpc) is 2.90. The number of carboxylic acids is 1. The highest BCUT2D eigenvalue weighted by molar-refractivity contribution is 5.85. The highest BCUT2D eigenvalue weighted by Gasteiger charge is 2.29. The van der Waals surface area contributed by atoms with Crippen molar-refractivity contribution in [3.8, 4) is 0 Å². The lowest BCUT2D eigenvalue weighted by atomic mass is 9.84. The van der Waals surface area contributed by atoms with Gasteiger partial charge >= 0.3 is 5.97 Å². The van der Waals surface area contributed by atoms with E-state index < -0.39 is 11.4 Å². The molecule has 0 aliphatic carbocycles. The van der Waals surface area contributed by atoms with Crippen LogP contribution in [0.25, 0.3) is 0 Å². The fraction of sp³-hybridized carbons (Fsp3) is 0.273. The molecule has 0 fully saturated rings. The van der Waals surface area contributed by atoms with Crippen LogP contribution in [0.5, 0.6) is 0 Å². The predicted molar refractivity (Wildman–Crippen MR) is 56.4 cm³/mol. The van der Waals surface area contributed by atoms with E-state index in [-0.39, 0.29) is 5.69 Å². The number of nitrogens with one attached hydrogen (secondary N) is 1. The molecule has 5 heteroatoms. The van der Waals surface area contributed by atoms with Gasteiger partial charge in [0.15, 0.2) is 5.69 Å². The van der Waals surface area contributed by atoms with Crippen LogP contribution < -0.4 is 0 Å². The average molecular weight is 220 g/mol. The molecule has 2 aromatic heterocycles. The Morgan fingerprint density at radius 3 is 2.81 bits per heavy atom. The minimum absolute atomic E-state index is 0.0707. The summed E-state index contributed by atoms with van der Waals surface area (Å²) in [4.78, 5) is 13.7. The van der Waals surface area contributed by atoms with Crippen LogP contribution in [0.3, 0.4) is 0 Å². The minimum atomic E-state index is -1.08. The molecule has 2 heterocycles. The van der Waals surface area contributed by atoms with Gasteiger partial charge in [0.1, 0.15) is 5.76 Å². The van der Waals surface area contributed by atoms with Gasteiger partial charge in [-0.3, -0.25) is 0 Å². The Labute approximate surface area is 92.1 Å². The van der Waals surface area contributed by atoms with Crippen molar-refractivity contribution in [2.45, 2.75) is 19.3 Å². The number of aromatic nitrogens is 2. The second-order valence-electron chi connectivity index (χ2n) is 4.11. The number of carbonyl (C=O) groups is 1. The van der Waals surface area contributed by atoms with Crippen molar-refractivity contribution in [3.05, 3.63) is 41.5 Å². The molecular formula is C11H12N2O3. The highest BCUT2D eigenvalue weighted by Crippen LogP contribution is 2.31. The monoisotopic (exact) mass is 220 g/mol. The fourth-order valence-electron chi connectivity index (χ4n) is 1.53. The Kier molecular flexibility index (Phi) is 2.30. The van der Waals surface area contributed by atoms with E-state index in [0.29, 0.717) is 5.76 Å². The van der Waals surface area contributed by atoms with Crippen LogP contribution in [0, 0.1) is 0 Å². The van der Waals surface area contributed by atoms with Gasteiger partial charge in [-0.25, -0.2) is 4.79 Å². The molecule has 0 bridgehead atoms. The quantitative estimate of drug-likeness (QED) is 0.829. The van der Waals surface area contributed by atoms with E-state index in [1.165, 1.54) is 6.07 Å². The number of aromatic carboxylic acids is 1. The van der Waals surface area contributed by atoms with Crippen LogP contribution in [0.4, 0.5) is 0 Å². The first-order valence-corrected chi connectivity index (χ1v) is 4.85. The van der Waals surface area contributed by atoms with Crippen molar-refractivity contribution in [2.24, 2.45) is 0 Å². The van der Waals surface area contributed by atoms with Gasteiger partial charge < -0.3 is 14.6 Å². The molecule has 2 rings (SSSR count). The maximum absolute atomic E-state index is 10.7. The first-order chi connectivity index (χ1) is 7.51. The normalized spacial score (nSPS) is 11.6. The van der Waals surface area contributed by atoms with Crippen molar-refractivity contribution in [1.82, 2.24) is 10.1 Å². The van der Waals surface area contributed by atoms with Crippen molar-refractivity contribution in [3.63, 3.8) is 0 Å². The molecule has 84 valence electrons. The molecule has 0 saturated carbocycles. The summed E-state index contributed by atoms with van der Waals surface area (Å²) in [6, 6.07) is 3.37. The third-order valence-electron chi connectivity index (χ3n) is 2.66. The molecule has 2 aromatic rings. The topological polar surface area (TPSA) is 79.1 Å². The summed E-state index contributed by atoms with van der Waals surface area (Å²) in [7, 11) is 0. The summed E-state index contributed by atoms with van der Waals surface area (Å²) < 4.78 is 5.07. The van der Waals surface area contributed by atoms with Crippen LogP contribution in [0.2, 0.25) is 0 Å². The molecule has 0 spiro atoms. The Morgan fingerprint density at radius 1 is 1.56 bits per heavy atom. The number of nitrogens with zero attached hydrogens (tertiary/aromatic N) is 1. The number of rotatable bonds is 3. The highest BCUT2D eigenvalue weighted by atomic mass is 16.5. The molecule has 0 aliphatic rings. The summed E-state index contributed by atoms with van der Waals surface area (Å²) >= 11 is 0. The van der Waals surface area contributed by atoms with Crippen LogP contribution in [-0.2, 0) is 5.41 Å². The largest absolute Gasteiger partial charge is 0.476 e. The molecule has 0 unspecified atom stereocenters. The molecule has 0 amide bonds. The van der Waals surface area contributed by atoms with E-state index in [1.807, 2.05) is 32.3 Å². The van der Waals surface area contributed by atoms with Crippen LogP contribution >= 0.6 is 0 Å². The van der Waals surface area contributed by atoms with Crippen LogP contribution in [0.15, 0.2) is 29.0 Å². The van der Waals surface area contributed by atoms with Crippen molar-refractivity contribution >= 4 is 5.97 Å². The molecule has 2 N–H and O–H groups in total. The number of aromatic amines is 1. The van der Waals surface area contributed by atoms with Gasteiger partial charge in [-0.05, 0) is 25.5 Å². The van der Waals surface area contributed by atoms with Gasteiger partial charge in [-0.2, -0.15) is 0 Å². The van der Waals surface area contributed by atoms with Gasteiger partial charge in [0, 0.05) is 18.5 Å². The van der Waals surface area contributed by atoms with Crippen molar-refractivity contribution in [2.75, 3.05) is 0 Å². The molecular weight excluding hydrogens is 208 g/mol. The molecule has 0 saturated heterocycles. The Balaban J connectivity index is 2.39. The molecule has 0 radical (unpaired) electrons. The summed E-state index contributed by atoms with van der Waals surface area (Å²) in [5.41, 5.74) is 0.542. The Bertz CT molecular complexity index is 497. The number of hydrogen-bond acceptors (Lipinski definition) is 3. The third kappa shape index (κ3) is 1.60. The second-order valence-corrected chi connectivity index (χ2v) is 4.11. The maximum Gasteiger partial charge on any atom is 0.358 e. The lowest BCUT2D eigenvalue weighted by molar-refractivity contribution is 0.0685. The maximum atomic E-state index is 10.7. The van der Waals surface area contributed by atoms with E-state index in [4.69, 9.17) is 9.63 Å². The van der Waals surface area contributed by atoms with Gasteiger partial charge in [0.05, 0.1) is 5.41 Å². The van der Waals surface area contributed by atoms with E-state index in [0.717, 1.165) is 5.56 Å². The third-order valence-corrected chi connectivity index (χ3v) is 2.66. The van der Waals surface area contributed by atoms with Gasteiger partial charge in [-0.15, -0.1) is 0 Å². The summed E-state index contributed by atoms with van der Waals surface area (Å²) in [6.45, 7) is 3.89. The lowest BCUT2D eigenvalue weighted by Gasteiger charge is -2.19. The second kappa shape index (κ2) is 3.52. The zero-order valence-corrected chi connectivity index (χ0v) is 9.02. The number of H-pyrrole nitrogens is 1. The SMILES string of the molecule is CC(C)(c1cc[nH]c1)c1cc(C(=O)O)no1. The Morgan fingerprint density at radius 2 is 2.31 bits per heavy atom. The molecule has 0 aromatic carbocycles. The van der Waals surface area contributed by atoms with Crippen molar-refractivity contribution < 1.29 is 14.4 Å². The van der Waals surface area contributed by atoms with E-state index >= 15 is 0 Å². The molecule has 16 heavy (non-hydrogen) atoms. The summed E-state index contributed by atoms with van der Waals surface area (Å²) in [5, 5.41) is 12.3. The summed E-state index contributed by atoms with van der Waals surface area (Å²) in [5.74, 6) is -0.552. The smallest absolute Gasteiger partial charge is 0.358 e. The molecule has 0 atom stereocenters. The number of hydrogen-bond donors (Lipinski definition) is 2. The summed E-state index contributed by atoms with van der Waals surface area (Å²) in [6.07, 6.45) is 3.66. The van der Waals surface area contributed by atoms with Crippen LogP contribution in [0.1, 0.15) is 35.7 Å². The van der Waals surface area contributed by atoms with Gasteiger partial charge in [0.2, 0.25) is 0 Å². The van der Waals surface area contributed by atoms with E-state index in [9.17, 15) is 4.79 Å². The standard InChI is InChI=1S/C11H12N2O3/c1-11(2,7-3-4-12-6-7)9-5-8(10(14)15)13-16-9/h3-6,12H,1-2H3,(H,14,15). The number of carboxylic acid groups (broad SMARTS) is 1. The molecule has 0 aliphatic heterocycles. The zero-order chi connectivity index (χ0) is 11.8. The van der Waals surface area contributed by atoms with Crippen molar-refractivity contribution in [1.29, 1.82) is 0 Å². The Hall–Kier alpha value is -2.04. The van der Waals surface area contributed by atoms with Gasteiger partial charge in [-0.1, -0.05) is 5.16 Å². The van der Waals surface area contributed by atoms with E-state index in [2.05, 4.69) is 10.1 Å². The molecule has 5 nitrogen and oxygen atoms in total. The minimum Gasteiger partial charge on any atom is -0.476 e. The fourth-order valence-corrected chi connectivity index (χ4v) is 1.53. The zero-order valence-electron chi connectivity index (χ0n) is 9.02. The van der Waals surface area contributed by atoms with Crippen LogP contribution in [-0.4, -0.2) is 21.2 Å². The first kappa shape index (κ1) is 10.5. The first-order valence-electron chi connectivity index (χ1n) is 4.85.